The van der Waals surface area contributed by atoms with Gasteiger partial charge in [-0.25, -0.2) is 4.98 Å². The van der Waals surface area contributed by atoms with Gasteiger partial charge in [-0.1, -0.05) is 36.8 Å². The van der Waals surface area contributed by atoms with E-state index < -0.39 is 0 Å². The molecule has 1 heterocycles. The number of benzene rings is 1. The molecule has 0 atom stereocenters. The van der Waals surface area contributed by atoms with Gasteiger partial charge in [0, 0.05) is 24.0 Å². The van der Waals surface area contributed by atoms with Crippen molar-refractivity contribution in [3.8, 4) is 11.3 Å². The van der Waals surface area contributed by atoms with Crippen molar-refractivity contribution < 1.29 is 5.11 Å². The van der Waals surface area contributed by atoms with E-state index >= 15 is 0 Å². The van der Waals surface area contributed by atoms with Crippen molar-refractivity contribution in [2.45, 2.75) is 25.7 Å². The minimum atomic E-state index is 0.131. The van der Waals surface area contributed by atoms with Crippen molar-refractivity contribution in [3.63, 3.8) is 0 Å². The van der Waals surface area contributed by atoms with Crippen molar-refractivity contribution in [1.29, 1.82) is 0 Å². The maximum atomic E-state index is 9.50. The summed E-state index contributed by atoms with van der Waals surface area (Å²) in [5.74, 6) is 0. The lowest BCUT2D eigenvalue weighted by Gasteiger charge is -2.39. The molecule has 0 spiro atoms. The third-order valence-corrected chi connectivity index (χ3v) is 4.75. The van der Waals surface area contributed by atoms with Crippen LogP contribution in [0.5, 0.6) is 0 Å². The zero-order valence-corrected chi connectivity index (χ0v) is 11.1. The molecule has 0 bridgehead atoms. The molecule has 1 saturated carbocycles. The summed E-state index contributed by atoms with van der Waals surface area (Å²) in [7, 11) is 0. The van der Waals surface area contributed by atoms with E-state index in [9.17, 15) is 5.11 Å². The molecule has 2 aromatic rings. The minimum absolute atomic E-state index is 0.131. The molecule has 1 N–H and O–H groups in total. The van der Waals surface area contributed by atoms with Gasteiger partial charge < -0.3 is 5.11 Å². The lowest BCUT2D eigenvalue weighted by atomic mass is 9.67. The third kappa shape index (κ3) is 2.20. The average Bonchev–Trinajstić information content (AvgIpc) is 2.83. The number of rotatable bonds is 4. The van der Waals surface area contributed by atoms with E-state index in [4.69, 9.17) is 4.98 Å². The summed E-state index contributed by atoms with van der Waals surface area (Å²) in [5.41, 5.74) is 2.36. The van der Waals surface area contributed by atoms with E-state index in [1.165, 1.54) is 12.0 Å². The van der Waals surface area contributed by atoms with Crippen LogP contribution in [0.3, 0.4) is 0 Å². The predicted octanol–water partition coefficient (Wildman–Crippen LogP) is 3.52. The average molecular weight is 259 g/mol. The highest BCUT2D eigenvalue weighted by Gasteiger charge is 2.37. The van der Waals surface area contributed by atoms with Gasteiger partial charge in [-0.2, -0.15) is 0 Å². The molecule has 3 heteroatoms. The van der Waals surface area contributed by atoms with Crippen LogP contribution in [0.15, 0.2) is 35.7 Å². The Hall–Kier alpha value is -1.19. The number of aliphatic hydroxyl groups is 1. The molecule has 18 heavy (non-hydrogen) atoms. The Morgan fingerprint density at radius 2 is 2.00 bits per heavy atom. The number of hydrogen-bond donors (Lipinski definition) is 1. The van der Waals surface area contributed by atoms with Crippen LogP contribution in [-0.4, -0.2) is 16.7 Å². The van der Waals surface area contributed by atoms with Gasteiger partial charge in [0.2, 0.25) is 0 Å². The first-order chi connectivity index (χ1) is 8.81. The lowest BCUT2D eigenvalue weighted by molar-refractivity contribution is 0.0450. The van der Waals surface area contributed by atoms with E-state index in [2.05, 4.69) is 17.5 Å². The maximum Gasteiger partial charge on any atom is 0.0939 e. The summed E-state index contributed by atoms with van der Waals surface area (Å²) in [6, 6.07) is 10.3. The third-order valence-electron chi connectivity index (χ3n) is 3.90. The molecule has 2 nitrogen and oxygen atoms in total. The van der Waals surface area contributed by atoms with Crippen molar-refractivity contribution >= 4 is 11.3 Å². The second kappa shape index (κ2) is 4.82. The van der Waals surface area contributed by atoms with Gasteiger partial charge in [-0.15, -0.1) is 11.3 Å². The molecule has 1 aliphatic rings. The highest BCUT2D eigenvalue weighted by atomic mass is 32.1. The van der Waals surface area contributed by atoms with E-state index in [0.29, 0.717) is 6.61 Å². The number of nitrogens with zero attached hydrogens (tertiary/aromatic N) is 1. The minimum Gasteiger partial charge on any atom is -0.396 e. The van der Waals surface area contributed by atoms with Crippen LogP contribution in [0.25, 0.3) is 11.3 Å². The monoisotopic (exact) mass is 259 g/mol. The zero-order valence-electron chi connectivity index (χ0n) is 10.3. The van der Waals surface area contributed by atoms with Crippen LogP contribution in [0.2, 0.25) is 0 Å². The molecule has 3 rings (SSSR count). The molecular formula is C15H17NOS. The molecule has 0 aliphatic heterocycles. The summed E-state index contributed by atoms with van der Waals surface area (Å²) in [6.07, 6.45) is 4.46. The topological polar surface area (TPSA) is 33.1 Å². The molecule has 0 radical (unpaired) electrons. The van der Waals surface area contributed by atoms with Gasteiger partial charge in [-0.05, 0) is 18.3 Å². The standard InChI is InChI=1S/C15H17NOS/c17-11-15(7-4-8-15)9-14-16-13(10-18-14)12-5-2-1-3-6-12/h1-3,5-6,10,17H,4,7-9,11H2. The number of thiazole rings is 1. The maximum absolute atomic E-state index is 9.50. The van der Waals surface area contributed by atoms with Crippen molar-refractivity contribution in [1.82, 2.24) is 4.98 Å². The Morgan fingerprint density at radius 3 is 2.61 bits per heavy atom. The second-order valence-electron chi connectivity index (χ2n) is 5.18. The summed E-state index contributed by atoms with van der Waals surface area (Å²) in [4.78, 5) is 4.70. The molecule has 0 unspecified atom stereocenters. The molecule has 1 aliphatic carbocycles. The highest BCUT2D eigenvalue weighted by molar-refractivity contribution is 7.09. The van der Waals surface area contributed by atoms with Crippen LogP contribution in [0, 0.1) is 5.41 Å². The summed E-state index contributed by atoms with van der Waals surface area (Å²) in [6.45, 7) is 0.299. The Labute approximate surface area is 111 Å². The Morgan fingerprint density at radius 1 is 1.22 bits per heavy atom. The second-order valence-corrected chi connectivity index (χ2v) is 6.12. The molecule has 1 aromatic carbocycles. The normalized spacial score (nSPS) is 17.4. The lowest BCUT2D eigenvalue weighted by Crippen LogP contribution is -2.35. The predicted molar refractivity (Wildman–Crippen MR) is 74.6 cm³/mol. The first-order valence-corrected chi connectivity index (χ1v) is 7.30. The Bertz CT molecular complexity index is 511. The van der Waals surface area contributed by atoms with Gasteiger partial charge >= 0.3 is 0 Å². The first-order valence-electron chi connectivity index (χ1n) is 6.42. The molecular weight excluding hydrogens is 242 g/mol. The fourth-order valence-electron chi connectivity index (χ4n) is 2.52. The molecule has 1 aromatic heterocycles. The highest BCUT2D eigenvalue weighted by Crippen LogP contribution is 2.43. The SMILES string of the molecule is OCC1(Cc2nc(-c3ccccc3)cs2)CCC1. The van der Waals surface area contributed by atoms with Crippen molar-refractivity contribution in [3.05, 3.63) is 40.7 Å². The van der Waals surface area contributed by atoms with Crippen LogP contribution < -0.4 is 0 Å². The van der Waals surface area contributed by atoms with E-state index in [0.717, 1.165) is 30.0 Å². The summed E-state index contributed by atoms with van der Waals surface area (Å²) < 4.78 is 0. The largest absolute Gasteiger partial charge is 0.396 e. The Kier molecular flexibility index (Phi) is 3.18. The van der Waals surface area contributed by atoms with E-state index in [-0.39, 0.29) is 5.41 Å². The van der Waals surface area contributed by atoms with Crippen LogP contribution in [0.1, 0.15) is 24.3 Å². The van der Waals surface area contributed by atoms with Gasteiger partial charge in [-0.3, -0.25) is 0 Å². The first kappa shape index (κ1) is 11.9. The molecule has 94 valence electrons. The molecule has 0 saturated heterocycles. The van der Waals surface area contributed by atoms with Crippen LogP contribution in [-0.2, 0) is 6.42 Å². The fourth-order valence-corrected chi connectivity index (χ4v) is 3.50. The number of hydrogen-bond acceptors (Lipinski definition) is 3. The smallest absolute Gasteiger partial charge is 0.0939 e. The summed E-state index contributed by atoms with van der Waals surface area (Å²) in [5, 5.41) is 12.8. The number of aliphatic hydroxyl groups excluding tert-OH is 1. The number of aromatic nitrogens is 1. The quantitative estimate of drug-likeness (QED) is 0.911. The summed E-state index contributed by atoms with van der Waals surface area (Å²) >= 11 is 1.71. The van der Waals surface area contributed by atoms with Crippen LogP contribution in [0.4, 0.5) is 0 Å². The van der Waals surface area contributed by atoms with Gasteiger partial charge in [0.05, 0.1) is 10.7 Å². The van der Waals surface area contributed by atoms with E-state index in [1.807, 2.05) is 18.2 Å². The van der Waals surface area contributed by atoms with Crippen molar-refractivity contribution in [2.75, 3.05) is 6.61 Å². The van der Waals surface area contributed by atoms with Gasteiger partial charge in [0.25, 0.3) is 0 Å². The Balaban J connectivity index is 1.78. The van der Waals surface area contributed by atoms with Crippen LogP contribution >= 0.6 is 11.3 Å². The van der Waals surface area contributed by atoms with Crippen molar-refractivity contribution in [2.24, 2.45) is 5.41 Å². The fraction of sp³-hybridized carbons (Fsp3) is 0.400. The van der Waals surface area contributed by atoms with E-state index in [1.54, 1.807) is 11.3 Å². The molecule has 1 fully saturated rings. The van der Waals surface area contributed by atoms with Gasteiger partial charge in [0.1, 0.15) is 0 Å². The van der Waals surface area contributed by atoms with Gasteiger partial charge in [0.15, 0.2) is 0 Å². The zero-order chi connectivity index (χ0) is 12.4. The molecule has 0 amide bonds.